The molecule has 0 bridgehead atoms. The predicted molar refractivity (Wildman–Crippen MR) is 146 cm³/mol. The lowest BCUT2D eigenvalue weighted by Gasteiger charge is -2.39. The summed E-state index contributed by atoms with van der Waals surface area (Å²) in [4.78, 5) is 21.2. The summed E-state index contributed by atoms with van der Waals surface area (Å²) in [6.07, 6.45) is 7.03. The number of pyridine rings is 2. The lowest BCUT2D eigenvalue weighted by Crippen LogP contribution is -2.45. The monoisotopic (exact) mass is 482 g/mol. The zero-order valence-electron chi connectivity index (χ0n) is 20.9. The van der Waals surface area contributed by atoms with Gasteiger partial charge in [-0.25, -0.2) is 0 Å². The summed E-state index contributed by atoms with van der Waals surface area (Å²) in [6.45, 7) is 4.74. The van der Waals surface area contributed by atoms with Crippen molar-refractivity contribution in [1.82, 2.24) is 14.5 Å². The Balaban J connectivity index is 1.19. The molecular weight excluding hydrogens is 448 g/mol. The molecule has 1 aliphatic rings. The number of benzene rings is 2. The van der Waals surface area contributed by atoms with Gasteiger partial charge in [0.2, 0.25) is 0 Å². The average molecular weight is 483 g/mol. The van der Waals surface area contributed by atoms with Crippen LogP contribution in [0.25, 0.3) is 10.9 Å². The lowest BCUT2D eigenvalue weighted by molar-refractivity contribution is 0.148. The molecule has 1 saturated heterocycles. The largest absolute Gasteiger partial charge is 0.494 e. The van der Waals surface area contributed by atoms with Crippen LogP contribution in [0, 0.1) is 0 Å². The van der Waals surface area contributed by atoms with Crippen LogP contribution in [0.15, 0.2) is 90.0 Å². The van der Waals surface area contributed by atoms with Gasteiger partial charge >= 0.3 is 0 Å². The number of rotatable bonds is 9. The molecule has 1 fully saturated rings. The number of aryl methyl sites for hydroxylation is 1. The summed E-state index contributed by atoms with van der Waals surface area (Å²) in [5.74, 6) is 0.845. The number of fused-ring (bicyclic) bond motifs is 1. The van der Waals surface area contributed by atoms with Gasteiger partial charge in [0.15, 0.2) is 0 Å². The maximum Gasteiger partial charge on any atom is 0.250 e. The van der Waals surface area contributed by atoms with Crippen molar-refractivity contribution in [2.75, 3.05) is 31.1 Å². The molecule has 0 aliphatic carbocycles. The van der Waals surface area contributed by atoms with Crippen LogP contribution in [0.5, 0.6) is 5.75 Å². The Morgan fingerprint density at radius 3 is 2.53 bits per heavy atom. The first kappa shape index (κ1) is 24.1. The molecule has 36 heavy (non-hydrogen) atoms. The molecule has 5 rings (SSSR count). The third kappa shape index (κ3) is 5.77. The number of hydrogen-bond donors (Lipinski definition) is 0. The second-order valence-electron chi connectivity index (χ2n) is 9.53. The molecule has 0 saturated carbocycles. The van der Waals surface area contributed by atoms with Crippen molar-refractivity contribution in [1.29, 1.82) is 0 Å². The lowest BCUT2D eigenvalue weighted by atomic mass is 10.0. The van der Waals surface area contributed by atoms with Crippen LogP contribution in [0.1, 0.15) is 24.8 Å². The molecule has 6 nitrogen and oxygen atoms in total. The van der Waals surface area contributed by atoms with Crippen molar-refractivity contribution >= 4 is 16.6 Å². The summed E-state index contributed by atoms with van der Waals surface area (Å²) < 4.78 is 7.78. The van der Waals surface area contributed by atoms with Crippen molar-refractivity contribution in [3.63, 3.8) is 0 Å². The van der Waals surface area contributed by atoms with E-state index in [0.29, 0.717) is 12.6 Å². The SMILES string of the molecule is Cn1c(=O)ccc2cc(OCCCN(Cc3ccncc3)C3CCN(c4ccccc4)CC3)ccc21. The maximum atomic E-state index is 11.9. The minimum absolute atomic E-state index is 0.0000546. The van der Waals surface area contributed by atoms with Crippen LogP contribution in [0.2, 0.25) is 0 Å². The van der Waals surface area contributed by atoms with Gasteiger partial charge in [-0.15, -0.1) is 0 Å². The molecule has 0 atom stereocenters. The summed E-state index contributed by atoms with van der Waals surface area (Å²) in [6, 6.07) is 24.9. The Morgan fingerprint density at radius 2 is 1.75 bits per heavy atom. The summed E-state index contributed by atoms with van der Waals surface area (Å²) in [7, 11) is 1.80. The van der Waals surface area contributed by atoms with Crippen LogP contribution in [-0.2, 0) is 13.6 Å². The second-order valence-corrected chi connectivity index (χ2v) is 9.53. The van der Waals surface area contributed by atoms with Crippen LogP contribution in [-0.4, -0.2) is 46.7 Å². The van der Waals surface area contributed by atoms with Crippen molar-refractivity contribution < 1.29 is 4.74 Å². The van der Waals surface area contributed by atoms with Crippen LogP contribution >= 0.6 is 0 Å². The third-order valence-corrected chi connectivity index (χ3v) is 7.19. The fraction of sp³-hybridized carbons (Fsp3) is 0.333. The zero-order valence-corrected chi connectivity index (χ0v) is 20.9. The van der Waals surface area contributed by atoms with E-state index in [4.69, 9.17) is 4.74 Å². The second kappa shape index (κ2) is 11.4. The van der Waals surface area contributed by atoms with Crippen LogP contribution < -0.4 is 15.2 Å². The van der Waals surface area contributed by atoms with Gasteiger partial charge in [-0.2, -0.15) is 0 Å². The van der Waals surface area contributed by atoms with Gasteiger partial charge in [0.05, 0.1) is 12.1 Å². The molecule has 186 valence electrons. The predicted octanol–water partition coefficient (Wildman–Crippen LogP) is 4.87. The van der Waals surface area contributed by atoms with Gasteiger partial charge < -0.3 is 14.2 Å². The highest BCUT2D eigenvalue weighted by Gasteiger charge is 2.24. The summed E-state index contributed by atoms with van der Waals surface area (Å²) in [5, 5.41) is 1.01. The highest BCUT2D eigenvalue weighted by atomic mass is 16.5. The van der Waals surface area contributed by atoms with E-state index in [9.17, 15) is 4.79 Å². The van der Waals surface area contributed by atoms with Crippen LogP contribution in [0.3, 0.4) is 0 Å². The van der Waals surface area contributed by atoms with Gasteiger partial charge in [-0.05, 0) is 73.4 Å². The normalized spacial score (nSPS) is 14.4. The van der Waals surface area contributed by atoms with Gasteiger partial charge in [0, 0.05) is 68.8 Å². The Labute approximate surface area is 212 Å². The smallest absolute Gasteiger partial charge is 0.250 e. The minimum Gasteiger partial charge on any atom is -0.494 e. The van der Waals surface area contributed by atoms with E-state index in [2.05, 4.69) is 57.2 Å². The first-order chi connectivity index (χ1) is 17.7. The van der Waals surface area contributed by atoms with Gasteiger partial charge in [-0.1, -0.05) is 18.2 Å². The van der Waals surface area contributed by atoms with E-state index in [0.717, 1.165) is 62.1 Å². The van der Waals surface area contributed by atoms with Gasteiger partial charge in [0.1, 0.15) is 5.75 Å². The van der Waals surface area contributed by atoms with Crippen molar-refractivity contribution in [2.24, 2.45) is 7.05 Å². The molecule has 0 spiro atoms. The molecule has 4 aromatic rings. The van der Waals surface area contributed by atoms with Crippen molar-refractivity contribution in [3.05, 3.63) is 101 Å². The first-order valence-electron chi connectivity index (χ1n) is 12.8. The van der Waals surface area contributed by atoms with Crippen LogP contribution in [0.4, 0.5) is 5.69 Å². The third-order valence-electron chi connectivity index (χ3n) is 7.19. The Kier molecular flexibility index (Phi) is 7.62. The van der Waals surface area contributed by atoms with Gasteiger partial charge in [0.25, 0.3) is 5.56 Å². The minimum atomic E-state index is 0.0000546. The van der Waals surface area contributed by atoms with E-state index < -0.39 is 0 Å². The Morgan fingerprint density at radius 1 is 0.972 bits per heavy atom. The molecule has 3 heterocycles. The molecule has 0 amide bonds. The maximum absolute atomic E-state index is 11.9. The topological polar surface area (TPSA) is 50.6 Å². The molecule has 0 radical (unpaired) electrons. The fourth-order valence-corrected chi connectivity index (χ4v) is 5.15. The standard InChI is InChI=1S/C30H34N4O2/c1-32-29-10-9-28(22-25(29)8-11-30(32)35)36-21-5-18-34(23-24-12-16-31-17-13-24)27-14-19-33(20-15-27)26-6-3-2-4-7-26/h2-4,6-13,16-17,22,27H,5,14-15,18-21,23H2,1H3. The quantitative estimate of drug-likeness (QED) is 0.319. The van der Waals surface area contributed by atoms with Gasteiger partial charge in [-0.3, -0.25) is 14.7 Å². The van der Waals surface area contributed by atoms with Crippen molar-refractivity contribution in [3.8, 4) is 5.75 Å². The van der Waals surface area contributed by atoms with Crippen molar-refractivity contribution in [2.45, 2.75) is 31.8 Å². The molecule has 0 unspecified atom stereocenters. The molecule has 2 aromatic carbocycles. The number of piperidine rings is 1. The molecule has 1 aliphatic heterocycles. The Hall–Kier alpha value is -3.64. The first-order valence-corrected chi connectivity index (χ1v) is 12.8. The zero-order chi connectivity index (χ0) is 24.7. The average Bonchev–Trinajstić information content (AvgIpc) is 2.93. The molecular formula is C30H34N4O2. The highest BCUT2D eigenvalue weighted by Crippen LogP contribution is 2.24. The number of aromatic nitrogens is 2. The Bertz CT molecular complexity index is 1320. The highest BCUT2D eigenvalue weighted by molar-refractivity contribution is 5.80. The number of nitrogens with zero attached hydrogens (tertiary/aromatic N) is 4. The number of anilines is 1. The fourth-order valence-electron chi connectivity index (χ4n) is 5.15. The molecule has 2 aromatic heterocycles. The molecule has 6 heteroatoms. The summed E-state index contributed by atoms with van der Waals surface area (Å²) >= 11 is 0. The summed E-state index contributed by atoms with van der Waals surface area (Å²) in [5.41, 5.74) is 3.54. The van der Waals surface area contributed by atoms with E-state index in [1.54, 1.807) is 17.7 Å². The van der Waals surface area contributed by atoms with E-state index >= 15 is 0 Å². The van der Waals surface area contributed by atoms with E-state index in [1.807, 2.05) is 36.7 Å². The number of para-hydroxylation sites is 1. The van der Waals surface area contributed by atoms with E-state index in [1.165, 1.54) is 11.3 Å². The number of ether oxygens (including phenoxy) is 1. The number of hydrogen-bond acceptors (Lipinski definition) is 5. The molecule has 0 N–H and O–H groups in total. The van der Waals surface area contributed by atoms with E-state index in [-0.39, 0.29) is 5.56 Å².